The van der Waals surface area contributed by atoms with Gasteiger partial charge in [0.05, 0.1) is 0 Å². The van der Waals surface area contributed by atoms with Gasteiger partial charge in [0.15, 0.2) is 0 Å². The molecule has 0 fully saturated rings. The van der Waals surface area contributed by atoms with Crippen molar-refractivity contribution in [2.45, 2.75) is 12.3 Å². The fraction of sp³-hybridized carbons (Fsp3) is 1.00. The Hall–Kier alpha value is 0.357. The summed E-state index contributed by atoms with van der Waals surface area (Å²) < 4.78 is 68.4. The van der Waals surface area contributed by atoms with E-state index in [-0.39, 0.29) is 18.9 Å². The minimum absolute atomic E-state index is 0. The van der Waals surface area contributed by atoms with Crippen LogP contribution in [0.1, 0.15) is 0 Å². The third-order valence-electron chi connectivity index (χ3n) is 0.564. The summed E-state index contributed by atoms with van der Waals surface area (Å²) in [6, 6.07) is 0. The Labute approximate surface area is 80.5 Å². The summed E-state index contributed by atoms with van der Waals surface area (Å²) in [5.74, 6) is 0. The van der Waals surface area contributed by atoms with Gasteiger partial charge in [-0.15, -0.1) is 0 Å². The minimum atomic E-state index is -6.14. The fourth-order valence-electron chi connectivity index (χ4n) is 0.201. The zero-order valence-electron chi connectivity index (χ0n) is 5.05. The van der Waals surface area contributed by atoms with Gasteiger partial charge in [0.25, 0.3) is 0 Å². The second kappa shape index (κ2) is 4.25. The summed E-state index contributed by atoms with van der Waals surface area (Å²) in [5.41, 5.74) is 0. The molecule has 0 saturated carbocycles. The summed E-state index contributed by atoms with van der Waals surface area (Å²) in [6.07, 6.45) is -12.0. The Bertz CT molecular complexity index is 209. The van der Waals surface area contributed by atoms with Crippen LogP contribution in [0.25, 0.3) is 0 Å². The van der Waals surface area contributed by atoms with Crippen LogP contribution in [0.3, 0.4) is 0 Å². The van der Waals surface area contributed by atoms with E-state index in [2.05, 4.69) is 4.52 Å². The van der Waals surface area contributed by atoms with Crippen molar-refractivity contribution in [2.75, 3.05) is 0 Å². The number of hydrogen-bond donors (Lipinski definition) is 2. The summed E-state index contributed by atoms with van der Waals surface area (Å²) in [4.78, 5) is 15.3. The first-order chi connectivity index (χ1) is 4.96. The molecule has 0 spiro atoms. The van der Waals surface area contributed by atoms with Crippen molar-refractivity contribution >= 4 is 26.7 Å². The van der Waals surface area contributed by atoms with E-state index in [9.17, 15) is 26.5 Å². The van der Waals surface area contributed by atoms with E-state index in [1.54, 1.807) is 0 Å². The molecule has 0 heterocycles. The molecule has 0 radical (unpaired) electrons. The molecular weight excluding hydrogens is 221 g/mol. The van der Waals surface area contributed by atoms with E-state index in [0.717, 1.165) is 0 Å². The number of hydrogen-bond acceptors (Lipinski definition) is 2. The molecular formula is C2H3F5LiO4P. The molecule has 2 N–H and O–H groups in total. The van der Waals surface area contributed by atoms with Crippen molar-refractivity contribution in [3.8, 4) is 0 Å². The summed E-state index contributed by atoms with van der Waals surface area (Å²) in [5, 5.41) is 0. The average Bonchev–Trinajstić information content (AvgIpc) is 1.52. The second-order valence-corrected chi connectivity index (χ2v) is 2.76. The molecule has 0 aromatic rings. The van der Waals surface area contributed by atoms with E-state index in [1.165, 1.54) is 0 Å². The van der Waals surface area contributed by atoms with E-state index in [4.69, 9.17) is 9.79 Å². The van der Waals surface area contributed by atoms with Crippen LogP contribution in [-0.4, -0.2) is 40.9 Å². The van der Waals surface area contributed by atoms with Crippen molar-refractivity contribution in [1.82, 2.24) is 0 Å². The van der Waals surface area contributed by atoms with Crippen LogP contribution in [0.4, 0.5) is 22.0 Å². The molecule has 13 heavy (non-hydrogen) atoms. The van der Waals surface area contributed by atoms with E-state index >= 15 is 0 Å². The zero-order valence-corrected chi connectivity index (χ0v) is 5.94. The Balaban J connectivity index is 0. The quantitative estimate of drug-likeness (QED) is 0.409. The van der Waals surface area contributed by atoms with Crippen LogP contribution in [0.5, 0.6) is 0 Å². The predicted octanol–water partition coefficient (Wildman–Crippen LogP) is 0.602. The average molecular weight is 224 g/mol. The van der Waals surface area contributed by atoms with Crippen LogP contribution in [0.15, 0.2) is 0 Å². The first-order valence-electron chi connectivity index (χ1n) is 2.16. The SMILES string of the molecule is O=P(O)(O)OC(F)(F)C(F)(F)F.[LiH]. The summed E-state index contributed by atoms with van der Waals surface area (Å²) in [7, 11) is -5.85. The van der Waals surface area contributed by atoms with Crippen LogP contribution in [0.2, 0.25) is 0 Å². The van der Waals surface area contributed by atoms with E-state index in [1.807, 2.05) is 0 Å². The molecule has 0 bridgehead atoms. The zero-order chi connectivity index (χ0) is 10.2. The van der Waals surface area contributed by atoms with Crippen LogP contribution in [0, 0.1) is 0 Å². The Morgan fingerprint density at radius 1 is 1.08 bits per heavy atom. The molecule has 0 aromatic heterocycles. The van der Waals surface area contributed by atoms with Gasteiger partial charge in [0.2, 0.25) is 0 Å². The monoisotopic (exact) mass is 224 g/mol. The summed E-state index contributed by atoms with van der Waals surface area (Å²) >= 11 is 0. The van der Waals surface area contributed by atoms with E-state index in [0.29, 0.717) is 0 Å². The molecule has 0 aliphatic carbocycles. The molecule has 0 unspecified atom stereocenters. The van der Waals surface area contributed by atoms with Crippen molar-refractivity contribution in [1.29, 1.82) is 0 Å². The number of phosphoric acid groups is 1. The number of rotatable bonds is 2. The second-order valence-electron chi connectivity index (χ2n) is 1.60. The van der Waals surface area contributed by atoms with Crippen LogP contribution < -0.4 is 0 Å². The topological polar surface area (TPSA) is 66.8 Å². The first kappa shape index (κ1) is 15.8. The molecule has 76 valence electrons. The molecule has 0 aromatic carbocycles. The van der Waals surface area contributed by atoms with Crippen LogP contribution >= 0.6 is 7.82 Å². The third-order valence-corrected chi connectivity index (χ3v) is 1.03. The maximum absolute atomic E-state index is 11.6. The van der Waals surface area contributed by atoms with Gasteiger partial charge in [-0.3, -0.25) is 0 Å². The standard InChI is InChI=1S/C2H2F5O4P.Li.H/c3-1(4,5)2(6,7)11-12(8,9)10;;/h(H2,8,9,10);;. The first-order valence-corrected chi connectivity index (χ1v) is 3.69. The van der Waals surface area contributed by atoms with Crippen molar-refractivity contribution in [3.05, 3.63) is 0 Å². The van der Waals surface area contributed by atoms with Crippen molar-refractivity contribution < 1.29 is 40.8 Å². The van der Waals surface area contributed by atoms with Gasteiger partial charge in [-0.25, -0.2) is 9.09 Å². The molecule has 4 nitrogen and oxygen atoms in total. The van der Waals surface area contributed by atoms with Gasteiger partial charge in [-0.05, 0) is 0 Å². The fourth-order valence-corrected chi connectivity index (χ4v) is 0.603. The molecule has 0 aliphatic heterocycles. The van der Waals surface area contributed by atoms with E-state index < -0.39 is 20.1 Å². The Morgan fingerprint density at radius 2 is 1.38 bits per heavy atom. The number of alkyl halides is 5. The third kappa shape index (κ3) is 5.62. The van der Waals surface area contributed by atoms with Gasteiger partial charge in [0, 0.05) is 0 Å². The predicted molar refractivity (Wildman–Crippen MR) is 31.3 cm³/mol. The normalized spacial score (nSPS) is 13.8. The van der Waals surface area contributed by atoms with Gasteiger partial charge in [0.1, 0.15) is 0 Å². The van der Waals surface area contributed by atoms with Crippen molar-refractivity contribution in [2.24, 2.45) is 0 Å². The number of phosphoric ester groups is 1. The summed E-state index contributed by atoms with van der Waals surface area (Å²) in [6.45, 7) is 0. The van der Waals surface area contributed by atoms with Crippen LogP contribution in [-0.2, 0) is 9.09 Å². The molecule has 0 amide bonds. The van der Waals surface area contributed by atoms with Gasteiger partial charge < -0.3 is 9.79 Å². The van der Waals surface area contributed by atoms with Gasteiger partial charge in [-0.1, -0.05) is 0 Å². The molecule has 11 heteroatoms. The van der Waals surface area contributed by atoms with Gasteiger partial charge in [-0.2, -0.15) is 22.0 Å². The Kier molecular flexibility index (Phi) is 5.17. The van der Waals surface area contributed by atoms with Gasteiger partial charge >= 0.3 is 39.0 Å². The molecule has 0 rings (SSSR count). The Morgan fingerprint density at radius 3 is 1.46 bits per heavy atom. The molecule has 0 aliphatic rings. The molecule has 0 saturated heterocycles. The number of halogens is 5. The van der Waals surface area contributed by atoms with Crippen molar-refractivity contribution in [3.63, 3.8) is 0 Å². The molecule has 0 atom stereocenters. The maximum atomic E-state index is 11.6.